The summed E-state index contributed by atoms with van der Waals surface area (Å²) in [5, 5.41) is 2.93. The van der Waals surface area contributed by atoms with Gasteiger partial charge in [-0.25, -0.2) is 0 Å². The van der Waals surface area contributed by atoms with Gasteiger partial charge in [0.1, 0.15) is 11.4 Å². The number of rotatable bonds is 3. The van der Waals surface area contributed by atoms with Crippen molar-refractivity contribution in [2.45, 2.75) is 20.3 Å². The fourth-order valence-electron chi connectivity index (χ4n) is 2.07. The molecule has 0 radical (unpaired) electrons. The van der Waals surface area contributed by atoms with Crippen LogP contribution in [0.25, 0.3) is 0 Å². The van der Waals surface area contributed by atoms with Crippen molar-refractivity contribution in [2.75, 3.05) is 29.9 Å². The van der Waals surface area contributed by atoms with E-state index < -0.39 is 0 Å². The number of hydrogen-bond donors (Lipinski definition) is 1. The minimum Gasteiger partial charge on any atom is -0.492 e. The molecule has 0 spiro atoms. The van der Waals surface area contributed by atoms with Gasteiger partial charge in [-0.3, -0.25) is 4.79 Å². The van der Waals surface area contributed by atoms with Crippen LogP contribution in [-0.4, -0.2) is 25.6 Å². The number of ether oxygens (including phenoxy) is 1. The Morgan fingerprint density at radius 3 is 2.94 bits per heavy atom. The van der Waals surface area contributed by atoms with E-state index in [1.807, 2.05) is 25.1 Å². The molecule has 0 atom stereocenters. The maximum Gasteiger partial charge on any atom is 0.226 e. The van der Waals surface area contributed by atoms with Crippen LogP contribution in [0.1, 0.15) is 20.3 Å². The molecule has 2 rings (SSSR count). The van der Waals surface area contributed by atoms with Crippen molar-refractivity contribution in [3.8, 4) is 5.75 Å². The van der Waals surface area contributed by atoms with Crippen LogP contribution >= 0.6 is 0 Å². The van der Waals surface area contributed by atoms with Crippen LogP contribution in [0.5, 0.6) is 5.75 Å². The van der Waals surface area contributed by atoms with Crippen LogP contribution in [0.4, 0.5) is 11.4 Å². The molecule has 0 unspecified atom stereocenters. The number of fused-ring (bicyclic) bond motifs is 1. The van der Waals surface area contributed by atoms with Crippen molar-refractivity contribution in [1.82, 2.24) is 0 Å². The molecular weight excluding hydrogens is 216 g/mol. The average molecular weight is 234 g/mol. The summed E-state index contributed by atoms with van der Waals surface area (Å²) < 4.78 is 5.56. The van der Waals surface area contributed by atoms with Gasteiger partial charge in [0.15, 0.2) is 0 Å². The van der Waals surface area contributed by atoms with Gasteiger partial charge < -0.3 is 15.0 Å². The Labute approximate surface area is 102 Å². The van der Waals surface area contributed by atoms with Crippen molar-refractivity contribution in [1.29, 1.82) is 0 Å². The van der Waals surface area contributed by atoms with Gasteiger partial charge in [0.2, 0.25) is 5.91 Å². The number of carbonyl (C=O) groups excluding carboxylic acids is 1. The normalized spacial score (nSPS) is 14.9. The highest BCUT2D eigenvalue weighted by Crippen LogP contribution is 2.36. The number of amides is 1. The zero-order valence-electron chi connectivity index (χ0n) is 10.3. The molecule has 1 amide bonds. The summed E-state index contributed by atoms with van der Waals surface area (Å²) in [6.45, 7) is 6.27. The molecule has 1 heterocycles. The highest BCUT2D eigenvalue weighted by molar-refractivity contribution is 5.98. The molecule has 0 aromatic heterocycles. The zero-order valence-corrected chi connectivity index (χ0v) is 10.3. The SMILES string of the molecule is CCOc1cccc2c1NC(=O)CCN2CC. The van der Waals surface area contributed by atoms with Crippen LogP contribution < -0.4 is 15.0 Å². The summed E-state index contributed by atoms with van der Waals surface area (Å²) in [5.41, 5.74) is 1.85. The van der Waals surface area contributed by atoms with Crippen LogP contribution in [-0.2, 0) is 4.79 Å². The molecule has 0 bridgehead atoms. The molecule has 0 saturated heterocycles. The molecule has 1 N–H and O–H groups in total. The topological polar surface area (TPSA) is 41.6 Å². The summed E-state index contributed by atoms with van der Waals surface area (Å²) in [5.74, 6) is 0.799. The molecule has 0 saturated carbocycles. The standard InChI is InChI=1S/C13H18N2O2/c1-3-15-9-8-12(16)14-13-10(15)6-5-7-11(13)17-4-2/h5-7H,3-4,8-9H2,1-2H3,(H,14,16). The van der Waals surface area contributed by atoms with E-state index in [0.29, 0.717) is 13.0 Å². The molecule has 1 aliphatic heterocycles. The number of anilines is 2. The minimum absolute atomic E-state index is 0.0503. The van der Waals surface area contributed by atoms with E-state index in [1.54, 1.807) is 0 Å². The molecule has 92 valence electrons. The van der Waals surface area contributed by atoms with E-state index in [1.165, 1.54) is 0 Å². The van der Waals surface area contributed by atoms with E-state index in [2.05, 4.69) is 17.1 Å². The van der Waals surface area contributed by atoms with Gasteiger partial charge >= 0.3 is 0 Å². The zero-order chi connectivity index (χ0) is 12.3. The molecule has 0 fully saturated rings. The van der Waals surface area contributed by atoms with E-state index in [0.717, 1.165) is 30.2 Å². The average Bonchev–Trinajstić information content (AvgIpc) is 2.49. The molecule has 1 aromatic carbocycles. The van der Waals surface area contributed by atoms with Gasteiger partial charge in [-0.05, 0) is 26.0 Å². The van der Waals surface area contributed by atoms with Gasteiger partial charge in [0.25, 0.3) is 0 Å². The lowest BCUT2D eigenvalue weighted by molar-refractivity contribution is -0.115. The summed E-state index contributed by atoms with van der Waals surface area (Å²) in [6.07, 6.45) is 0.522. The second kappa shape index (κ2) is 5.08. The first-order chi connectivity index (χ1) is 8.26. The molecule has 4 heteroatoms. The molecular formula is C13H18N2O2. The quantitative estimate of drug-likeness (QED) is 0.872. The largest absolute Gasteiger partial charge is 0.492 e. The number of nitrogens with one attached hydrogen (secondary N) is 1. The summed E-state index contributed by atoms with van der Waals surface area (Å²) >= 11 is 0. The minimum atomic E-state index is 0.0503. The van der Waals surface area contributed by atoms with E-state index in [4.69, 9.17) is 4.74 Å². The first-order valence-corrected chi connectivity index (χ1v) is 6.06. The van der Waals surface area contributed by atoms with Gasteiger partial charge in [-0.15, -0.1) is 0 Å². The van der Waals surface area contributed by atoms with Gasteiger partial charge in [-0.1, -0.05) is 6.07 Å². The van der Waals surface area contributed by atoms with Gasteiger partial charge in [-0.2, -0.15) is 0 Å². The Morgan fingerprint density at radius 2 is 2.24 bits per heavy atom. The van der Waals surface area contributed by atoms with Gasteiger partial charge in [0.05, 0.1) is 12.3 Å². The van der Waals surface area contributed by atoms with Crippen LogP contribution in [0.2, 0.25) is 0 Å². The first-order valence-electron chi connectivity index (χ1n) is 6.06. The Hall–Kier alpha value is -1.71. The van der Waals surface area contributed by atoms with Crippen molar-refractivity contribution < 1.29 is 9.53 Å². The summed E-state index contributed by atoms with van der Waals surface area (Å²) in [4.78, 5) is 13.9. The maximum absolute atomic E-state index is 11.7. The number of benzene rings is 1. The lowest BCUT2D eigenvalue weighted by Gasteiger charge is -2.23. The van der Waals surface area contributed by atoms with Gasteiger partial charge in [0, 0.05) is 19.5 Å². The lowest BCUT2D eigenvalue weighted by Crippen LogP contribution is -2.23. The van der Waals surface area contributed by atoms with E-state index >= 15 is 0 Å². The molecule has 1 aromatic rings. The third kappa shape index (κ3) is 2.35. The van der Waals surface area contributed by atoms with Crippen molar-refractivity contribution in [3.05, 3.63) is 18.2 Å². The van der Waals surface area contributed by atoms with Crippen molar-refractivity contribution in [3.63, 3.8) is 0 Å². The van der Waals surface area contributed by atoms with Crippen LogP contribution in [0.3, 0.4) is 0 Å². The van der Waals surface area contributed by atoms with E-state index in [-0.39, 0.29) is 5.91 Å². The smallest absolute Gasteiger partial charge is 0.226 e. The highest BCUT2D eigenvalue weighted by atomic mass is 16.5. The third-order valence-corrected chi connectivity index (χ3v) is 2.90. The Morgan fingerprint density at radius 1 is 1.41 bits per heavy atom. The van der Waals surface area contributed by atoms with Crippen molar-refractivity contribution >= 4 is 17.3 Å². The molecule has 17 heavy (non-hydrogen) atoms. The van der Waals surface area contributed by atoms with Crippen molar-refractivity contribution in [2.24, 2.45) is 0 Å². The molecule has 1 aliphatic rings. The summed E-state index contributed by atoms with van der Waals surface area (Å²) in [7, 11) is 0. The fourth-order valence-corrected chi connectivity index (χ4v) is 2.07. The predicted octanol–water partition coefficient (Wildman–Crippen LogP) is 2.25. The number of para-hydroxylation sites is 1. The Balaban J connectivity index is 2.45. The van der Waals surface area contributed by atoms with Crippen LogP contribution in [0, 0.1) is 0 Å². The number of hydrogen-bond acceptors (Lipinski definition) is 3. The lowest BCUT2D eigenvalue weighted by atomic mass is 10.2. The third-order valence-electron chi connectivity index (χ3n) is 2.90. The monoisotopic (exact) mass is 234 g/mol. The second-order valence-electron chi connectivity index (χ2n) is 3.96. The van der Waals surface area contributed by atoms with Crippen LogP contribution in [0.15, 0.2) is 18.2 Å². The molecule has 4 nitrogen and oxygen atoms in total. The Bertz CT molecular complexity index is 418. The first kappa shape index (κ1) is 11.8. The predicted molar refractivity (Wildman–Crippen MR) is 68.7 cm³/mol. The highest BCUT2D eigenvalue weighted by Gasteiger charge is 2.20. The fraction of sp³-hybridized carbons (Fsp3) is 0.462. The Kier molecular flexibility index (Phi) is 3.52. The maximum atomic E-state index is 11.7. The summed E-state index contributed by atoms with van der Waals surface area (Å²) in [6, 6.07) is 5.87. The number of nitrogens with zero attached hydrogens (tertiary/aromatic N) is 1. The van der Waals surface area contributed by atoms with E-state index in [9.17, 15) is 4.79 Å². The molecule has 0 aliphatic carbocycles. The second-order valence-corrected chi connectivity index (χ2v) is 3.96. The number of carbonyl (C=O) groups is 1.